The normalized spacial score (nSPS) is 12.4. The molecular formula is C50H34N2O2Si. The van der Waals surface area contributed by atoms with Crippen LogP contribution in [0.15, 0.2) is 199 Å². The second-order valence-corrected chi connectivity index (χ2v) is 18.1. The molecule has 260 valence electrons. The Labute approximate surface area is 319 Å². The molecule has 0 amide bonds. The van der Waals surface area contributed by atoms with Crippen molar-refractivity contribution in [2.24, 2.45) is 0 Å². The predicted octanol–water partition coefficient (Wildman–Crippen LogP) is 9.53. The lowest BCUT2D eigenvalue weighted by Gasteiger charge is -2.35. The number of furan rings is 1. The molecule has 5 heteroatoms. The third-order valence-electron chi connectivity index (χ3n) is 11.2. The molecule has 0 saturated carbocycles. The summed E-state index contributed by atoms with van der Waals surface area (Å²) in [4.78, 5) is 4.84. The number of hydrogen-bond donors (Lipinski definition) is 0. The molecule has 0 fully saturated rings. The number of benzene rings is 8. The molecule has 0 saturated heterocycles. The molecule has 4 nitrogen and oxygen atoms in total. The molecule has 8 aromatic carbocycles. The molecule has 11 rings (SSSR count). The van der Waals surface area contributed by atoms with Crippen molar-refractivity contribution in [1.29, 1.82) is 0 Å². The molecule has 0 atom stereocenters. The van der Waals surface area contributed by atoms with Crippen LogP contribution in [-0.2, 0) is 6.61 Å². The van der Waals surface area contributed by atoms with Crippen LogP contribution in [0.4, 0.5) is 0 Å². The molecule has 1 aliphatic rings. The monoisotopic (exact) mass is 722 g/mol. The lowest BCUT2D eigenvalue weighted by Crippen LogP contribution is -2.74. The summed E-state index contributed by atoms with van der Waals surface area (Å²) in [6, 6.07) is 70.4. The summed E-state index contributed by atoms with van der Waals surface area (Å²) in [5.41, 5.74) is 9.53. The second-order valence-electron chi connectivity index (χ2n) is 14.3. The highest BCUT2D eigenvalue weighted by Gasteiger charge is 2.41. The average molecular weight is 723 g/mol. The average Bonchev–Trinajstić information content (AvgIpc) is 3.83. The van der Waals surface area contributed by atoms with Gasteiger partial charge in [-0.25, -0.2) is 4.98 Å². The predicted molar refractivity (Wildman–Crippen MR) is 227 cm³/mol. The van der Waals surface area contributed by atoms with E-state index in [2.05, 4.69) is 180 Å². The van der Waals surface area contributed by atoms with Crippen LogP contribution in [0, 0.1) is 0 Å². The zero-order valence-corrected chi connectivity index (χ0v) is 30.9. The van der Waals surface area contributed by atoms with Gasteiger partial charge in [0, 0.05) is 10.8 Å². The van der Waals surface area contributed by atoms with E-state index in [0.29, 0.717) is 6.61 Å². The van der Waals surface area contributed by atoms with Crippen LogP contribution in [-0.4, -0.2) is 17.6 Å². The smallest absolute Gasteiger partial charge is 0.179 e. The summed E-state index contributed by atoms with van der Waals surface area (Å²) in [6.45, 7) is 0.434. The van der Waals surface area contributed by atoms with Crippen molar-refractivity contribution < 1.29 is 9.15 Å². The van der Waals surface area contributed by atoms with E-state index in [0.717, 1.165) is 61.4 Å². The maximum Gasteiger partial charge on any atom is 0.179 e. The highest BCUT2D eigenvalue weighted by molar-refractivity contribution is 7.20. The van der Waals surface area contributed by atoms with E-state index < -0.39 is 8.07 Å². The molecular weight excluding hydrogens is 689 g/mol. The third kappa shape index (κ3) is 5.01. The van der Waals surface area contributed by atoms with Crippen LogP contribution in [0.1, 0.15) is 5.82 Å². The third-order valence-corrected chi connectivity index (χ3v) is 16.0. The van der Waals surface area contributed by atoms with Crippen LogP contribution in [0.3, 0.4) is 0 Å². The molecule has 10 aromatic rings. The molecule has 1 aliphatic heterocycles. The number of para-hydroxylation sites is 3. The maximum absolute atomic E-state index is 6.37. The van der Waals surface area contributed by atoms with Gasteiger partial charge in [-0.05, 0) is 85.5 Å². The summed E-state index contributed by atoms with van der Waals surface area (Å²) in [5, 5.41) is 7.57. The van der Waals surface area contributed by atoms with Crippen molar-refractivity contribution in [2.45, 2.75) is 6.61 Å². The topological polar surface area (TPSA) is 40.2 Å². The van der Waals surface area contributed by atoms with Gasteiger partial charge >= 0.3 is 0 Å². The Kier molecular flexibility index (Phi) is 7.22. The van der Waals surface area contributed by atoms with E-state index in [4.69, 9.17) is 14.1 Å². The van der Waals surface area contributed by atoms with Gasteiger partial charge in [0.15, 0.2) is 13.9 Å². The summed E-state index contributed by atoms with van der Waals surface area (Å²) in [7, 11) is -2.87. The van der Waals surface area contributed by atoms with E-state index in [1.54, 1.807) is 0 Å². The van der Waals surface area contributed by atoms with Crippen molar-refractivity contribution in [3.05, 3.63) is 200 Å². The Hall–Kier alpha value is -6.95. The first-order valence-electron chi connectivity index (χ1n) is 18.7. The van der Waals surface area contributed by atoms with E-state index in [9.17, 15) is 0 Å². The van der Waals surface area contributed by atoms with E-state index in [-0.39, 0.29) is 0 Å². The number of rotatable bonds is 6. The minimum atomic E-state index is -2.87. The SMILES string of the molecule is c1ccc([Si](c2ccccc2)(c2cccc(-c3ccc4c(c3)OCc3nc5ccccc5n3-4)c2)c2cccc(-c3ccc4oc5ccccc5c4c3)c2)cc1. The number of imidazole rings is 1. The van der Waals surface area contributed by atoms with Crippen molar-refractivity contribution in [2.75, 3.05) is 0 Å². The van der Waals surface area contributed by atoms with Crippen molar-refractivity contribution in [3.63, 3.8) is 0 Å². The van der Waals surface area contributed by atoms with Crippen molar-refractivity contribution in [3.8, 4) is 33.7 Å². The highest BCUT2D eigenvalue weighted by Crippen LogP contribution is 2.37. The van der Waals surface area contributed by atoms with Crippen LogP contribution in [0.25, 0.3) is 60.9 Å². The Morgan fingerprint density at radius 3 is 1.78 bits per heavy atom. The quantitative estimate of drug-likeness (QED) is 0.127. The fraction of sp³-hybridized carbons (Fsp3) is 0.0200. The zero-order chi connectivity index (χ0) is 36.3. The molecule has 2 aromatic heterocycles. The first-order valence-corrected chi connectivity index (χ1v) is 20.7. The molecule has 0 radical (unpaired) electrons. The van der Waals surface area contributed by atoms with Gasteiger partial charge in [-0.2, -0.15) is 0 Å². The largest absolute Gasteiger partial charge is 0.483 e. The molecule has 0 spiro atoms. The molecule has 0 bridgehead atoms. The summed E-state index contributed by atoms with van der Waals surface area (Å²) < 4.78 is 14.8. The number of fused-ring (bicyclic) bond motifs is 8. The highest BCUT2D eigenvalue weighted by atomic mass is 28.3. The standard InChI is InChI=1S/C50H34N2O2Si/c1-3-15-38(16-4-1)55(39-17-5-2-6-18-39,40-19-11-13-34(29-40)36-26-28-48-43(31-36)42-21-7-10-24-47(42)54-48)41-20-12-14-35(30-41)37-25-27-46-49(32-37)53-33-50-51-44-22-8-9-23-45(44)52(46)50/h1-32H,33H2. The van der Waals surface area contributed by atoms with Gasteiger partial charge in [0.2, 0.25) is 0 Å². The Morgan fingerprint density at radius 1 is 0.455 bits per heavy atom. The Balaban J connectivity index is 1.09. The van der Waals surface area contributed by atoms with Crippen LogP contribution < -0.4 is 25.5 Å². The summed E-state index contributed by atoms with van der Waals surface area (Å²) >= 11 is 0. The van der Waals surface area contributed by atoms with Gasteiger partial charge in [-0.3, -0.25) is 4.57 Å². The van der Waals surface area contributed by atoms with E-state index in [1.165, 1.54) is 31.9 Å². The van der Waals surface area contributed by atoms with Gasteiger partial charge in [0.25, 0.3) is 0 Å². The lowest BCUT2D eigenvalue weighted by atomic mass is 10.0. The maximum atomic E-state index is 6.37. The molecule has 55 heavy (non-hydrogen) atoms. The van der Waals surface area contributed by atoms with Crippen molar-refractivity contribution >= 4 is 61.8 Å². The fourth-order valence-corrected chi connectivity index (χ4v) is 13.5. The Bertz CT molecular complexity index is 3020. The van der Waals surface area contributed by atoms with Crippen molar-refractivity contribution in [1.82, 2.24) is 9.55 Å². The Morgan fingerprint density at radius 2 is 1.04 bits per heavy atom. The lowest BCUT2D eigenvalue weighted by molar-refractivity contribution is 0.281. The minimum Gasteiger partial charge on any atom is -0.483 e. The summed E-state index contributed by atoms with van der Waals surface area (Å²) in [6.07, 6.45) is 0. The second kappa shape index (κ2) is 12.6. The number of nitrogens with zero attached hydrogens (tertiary/aromatic N) is 2. The minimum absolute atomic E-state index is 0.434. The van der Waals surface area contributed by atoms with Gasteiger partial charge in [0.1, 0.15) is 23.5 Å². The van der Waals surface area contributed by atoms with E-state index in [1.807, 2.05) is 18.2 Å². The number of ether oxygens (including phenoxy) is 1. The molecule has 3 heterocycles. The van der Waals surface area contributed by atoms with Crippen LogP contribution in [0.2, 0.25) is 0 Å². The van der Waals surface area contributed by atoms with Gasteiger partial charge in [-0.15, -0.1) is 0 Å². The fourth-order valence-electron chi connectivity index (χ4n) is 8.72. The first kappa shape index (κ1) is 31.6. The van der Waals surface area contributed by atoms with Gasteiger partial charge in [0.05, 0.1) is 16.7 Å². The van der Waals surface area contributed by atoms with Gasteiger partial charge in [-0.1, -0.05) is 152 Å². The van der Waals surface area contributed by atoms with Crippen LogP contribution >= 0.6 is 0 Å². The molecule has 0 N–H and O–H groups in total. The van der Waals surface area contributed by atoms with E-state index >= 15 is 0 Å². The number of hydrogen-bond acceptors (Lipinski definition) is 3. The van der Waals surface area contributed by atoms with Gasteiger partial charge < -0.3 is 9.15 Å². The molecule has 0 aliphatic carbocycles. The number of aromatic nitrogens is 2. The van der Waals surface area contributed by atoms with Crippen LogP contribution in [0.5, 0.6) is 5.75 Å². The molecule has 0 unspecified atom stereocenters. The first-order chi connectivity index (χ1) is 27.2. The summed E-state index contributed by atoms with van der Waals surface area (Å²) in [5.74, 6) is 1.79. The zero-order valence-electron chi connectivity index (χ0n) is 29.9.